The lowest BCUT2D eigenvalue weighted by molar-refractivity contribution is -0.0762. The van der Waals surface area contributed by atoms with Gasteiger partial charge in [-0.15, -0.1) is 0 Å². The molecule has 1 aromatic carbocycles. The van der Waals surface area contributed by atoms with Crippen molar-refractivity contribution in [3.63, 3.8) is 0 Å². The summed E-state index contributed by atoms with van der Waals surface area (Å²) in [5.41, 5.74) is 1.56. The third kappa shape index (κ3) is 3.65. The quantitative estimate of drug-likeness (QED) is 0.942. The number of H-pyrrole nitrogens is 1. The molecule has 0 bridgehead atoms. The molecule has 1 atom stereocenters. The number of benzene rings is 1. The summed E-state index contributed by atoms with van der Waals surface area (Å²) in [4.78, 5) is 10.0. The van der Waals surface area contributed by atoms with Crippen molar-refractivity contribution >= 4 is 11.0 Å². The Morgan fingerprint density at radius 3 is 3.05 bits per heavy atom. The fourth-order valence-electron chi connectivity index (χ4n) is 3.38. The number of imidazole rings is 1. The topological polar surface area (TPSA) is 41.2 Å². The van der Waals surface area contributed by atoms with Crippen LogP contribution in [0.5, 0.6) is 0 Å². The van der Waals surface area contributed by atoms with Crippen molar-refractivity contribution < 1.29 is 9.13 Å². The highest BCUT2D eigenvalue weighted by Gasteiger charge is 2.29. The Balaban J connectivity index is 1.61. The van der Waals surface area contributed by atoms with Crippen molar-refractivity contribution in [3.8, 4) is 0 Å². The Hall–Kier alpha value is -1.46. The number of rotatable bonds is 4. The minimum atomic E-state index is -0.236. The molecule has 1 saturated heterocycles. The molecule has 2 aromatic rings. The van der Waals surface area contributed by atoms with E-state index in [0.717, 1.165) is 49.4 Å². The number of nitrogens with one attached hydrogen (secondary N) is 1. The van der Waals surface area contributed by atoms with E-state index in [1.807, 2.05) is 0 Å². The summed E-state index contributed by atoms with van der Waals surface area (Å²) >= 11 is 0. The molecule has 120 valence electrons. The van der Waals surface area contributed by atoms with Crippen molar-refractivity contribution in [1.82, 2.24) is 14.9 Å². The van der Waals surface area contributed by atoms with Gasteiger partial charge in [0.25, 0.3) is 0 Å². The van der Waals surface area contributed by atoms with E-state index in [9.17, 15) is 4.39 Å². The average molecular weight is 305 g/mol. The van der Waals surface area contributed by atoms with Crippen LogP contribution in [0.3, 0.4) is 0 Å². The van der Waals surface area contributed by atoms with Gasteiger partial charge in [0.1, 0.15) is 11.6 Å². The van der Waals surface area contributed by atoms with Crippen molar-refractivity contribution in [2.45, 2.75) is 38.8 Å². The lowest BCUT2D eigenvalue weighted by Crippen LogP contribution is -2.38. The number of fused-ring (bicyclic) bond motifs is 1. The summed E-state index contributed by atoms with van der Waals surface area (Å²) < 4.78 is 19.0. The molecule has 0 unspecified atom stereocenters. The average Bonchev–Trinajstić information content (AvgIpc) is 2.78. The van der Waals surface area contributed by atoms with Gasteiger partial charge in [-0.2, -0.15) is 0 Å². The fourth-order valence-corrected chi connectivity index (χ4v) is 3.38. The van der Waals surface area contributed by atoms with E-state index < -0.39 is 0 Å². The van der Waals surface area contributed by atoms with Crippen molar-refractivity contribution in [3.05, 3.63) is 29.8 Å². The maximum atomic E-state index is 13.2. The van der Waals surface area contributed by atoms with Gasteiger partial charge in [-0.1, -0.05) is 0 Å². The third-order valence-electron chi connectivity index (χ3n) is 4.28. The molecule has 1 aliphatic heterocycles. The smallest absolute Gasteiger partial charge is 0.125 e. The predicted molar refractivity (Wildman–Crippen MR) is 85.1 cm³/mol. The first-order chi connectivity index (χ1) is 10.4. The Labute approximate surface area is 130 Å². The number of halogens is 1. The van der Waals surface area contributed by atoms with Crippen LogP contribution in [0.25, 0.3) is 11.0 Å². The highest BCUT2D eigenvalue weighted by molar-refractivity contribution is 5.74. The first-order valence-corrected chi connectivity index (χ1v) is 7.88. The Kier molecular flexibility index (Phi) is 4.19. The van der Waals surface area contributed by atoms with Gasteiger partial charge in [-0.25, -0.2) is 9.37 Å². The Bertz CT molecular complexity index is 652. The van der Waals surface area contributed by atoms with Crippen LogP contribution in [-0.4, -0.2) is 40.7 Å². The van der Waals surface area contributed by atoms with Crippen LogP contribution in [-0.2, 0) is 11.3 Å². The van der Waals surface area contributed by atoms with Gasteiger partial charge in [0, 0.05) is 13.2 Å². The number of aromatic nitrogens is 2. The standard InChI is InChI=1S/C17H24FN3O/c1-17(2)9-12(6-7-22-17)10-21(3)11-16-19-14-5-4-13(18)8-15(14)20-16/h4-5,8,12H,6-7,9-11H2,1-3H3,(H,19,20)/t12-/m0/s1. The maximum absolute atomic E-state index is 13.2. The molecule has 0 spiro atoms. The molecule has 0 aliphatic carbocycles. The molecule has 22 heavy (non-hydrogen) atoms. The second-order valence-corrected chi connectivity index (χ2v) is 7.01. The van der Waals surface area contributed by atoms with Gasteiger partial charge in [0.05, 0.1) is 23.2 Å². The summed E-state index contributed by atoms with van der Waals surface area (Å²) in [6.45, 7) is 6.93. The van der Waals surface area contributed by atoms with Crippen LogP contribution < -0.4 is 0 Å². The lowest BCUT2D eigenvalue weighted by atomic mass is 9.88. The van der Waals surface area contributed by atoms with E-state index in [1.165, 1.54) is 12.1 Å². The van der Waals surface area contributed by atoms with Crippen LogP contribution in [0.2, 0.25) is 0 Å². The van der Waals surface area contributed by atoms with Crippen LogP contribution in [0.4, 0.5) is 4.39 Å². The van der Waals surface area contributed by atoms with Gasteiger partial charge in [-0.05, 0) is 57.9 Å². The van der Waals surface area contributed by atoms with Gasteiger partial charge in [0.2, 0.25) is 0 Å². The van der Waals surface area contributed by atoms with Gasteiger partial charge < -0.3 is 9.72 Å². The minimum Gasteiger partial charge on any atom is -0.376 e. The molecular formula is C17H24FN3O. The minimum absolute atomic E-state index is 0.0132. The molecule has 0 radical (unpaired) electrons. The molecule has 1 fully saturated rings. The number of hydrogen-bond donors (Lipinski definition) is 1. The maximum Gasteiger partial charge on any atom is 0.125 e. The summed E-state index contributed by atoms with van der Waals surface area (Å²) in [5, 5.41) is 0. The molecule has 1 aliphatic rings. The molecule has 1 aromatic heterocycles. The van der Waals surface area contributed by atoms with Crippen LogP contribution in [0.15, 0.2) is 18.2 Å². The normalized spacial score (nSPS) is 21.6. The SMILES string of the molecule is CN(Cc1nc2ccc(F)cc2[nH]1)C[C@H]1CCOC(C)(C)C1. The third-order valence-corrected chi connectivity index (χ3v) is 4.28. The fraction of sp³-hybridized carbons (Fsp3) is 0.588. The lowest BCUT2D eigenvalue weighted by Gasteiger charge is -2.37. The molecule has 0 saturated carbocycles. The Morgan fingerprint density at radius 1 is 1.45 bits per heavy atom. The molecule has 1 N–H and O–H groups in total. The molecule has 3 rings (SSSR count). The summed E-state index contributed by atoms with van der Waals surface area (Å²) in [5.74, 6) is 1.30. The van der Waals surface area contributed by atoms with E-state index in [0.29, 0.717) is 5.92 Å². The first-order valence-electron chi connectivity index (χ1n) is 7.88. The highest BCUT2D eigenvalue weighted by Crippen LogP contribution is 2.29. The Morgan fingerprint density at radius 2 is 2.27 bits per heavy atom. The molecule has 2 heterocycles. The number of ether oxygens (including phenoxy) is 1. The van der Waals surface area contributed by atoms with E-state index in [4.69, 9.17) is 4.74 Å². The van der Waals surface area contributed by atoms with Crippen molar-refractivity contribution in [2.24, 2.45) is 5.92 Å². The number of aromatic amines is 1. The second-order valence-electron chi connectivity index (χ2n) is 7.01. The molecule has 0 amide bonds. The van der Waals surface area contributed by atoms with E-state index in [2.05, 4.69) is 35.8 Å². The van der Waals surface area contributed by atoms with Crippen LogP contribution in [0.1, 0.15) is 32.5 Å². The zero-order valence-electron chi connectivity index (χ0n) is 13.5. The monoisotopic (exact) mass is 305 g/mol. The van der Waals surface area contributed by atoms with E-state index in [1.54, 1.807) is 6.07 Å². The highest BCUT2D eigenvalue weighted by atomic mass is 19.1. The largest absolute Gasteiger partial charge is 0.376 e. The molecular weight excluding hydrogens is 281 g/mol. The van der Waals surface area contributed by atoms with Crippen LogP contribution in [0, 0.1) is 11.7 Å². The summed E-state index contributed by atoms with van der Waals surface area (Å²) in [7, 11) is 2.11. The predicted octanol–water partition coefficient (Wildman–Crippen LogP) is 3.34. The van der Waals surface area contributed by atoms with Crippen molar-refractivity contribution in [1.29, 1.82) is 0 Å². The summed E-state index contributed by atoms with van der Waals surface area (Å²) in [6.07, 6.45) is 2.20. The molecule has 5 heteroatoms. The zero-order valence-corrected chi connectivity index (χ0v) is 13.5. The number of nitrogens with zero attached hydrogens (tertiary/aromatic N) is 2. The second kappa shape index (κ2) is 5.97. The van der Waals surface area contributed by atoms with Crippen LogP contribution >= 0.6 is 0 Å². The van der Waals surface area contributed by atoms with E-state index in [-0.39, 0.29) is 11.4 Å². The first kappa shape index (κ1) is 15.4. The van der Waals surface area contributed by atoms with Gasteiger partial charge in [0.15, 0.2) is 0 Å². The van der Waals surface area contributed by atoms with Gasteiger partial charge in [-0.3, -0.25) is 4.90 Å². The van der Waals surface area contributed by atoms with Gasteiger partial charge >= 0.3 is 0 Å². The summed E-state index contributed by atoms with van der Waals surface area (Å²) in [6, 6.07) is 4.65. The van der Waals surface area contributed by atoms with Crippen molar-refractivity contribution in [2.75, 3.05) is 20.2 Å². The zero-order chi connectivity index (χ0) is 15.7. The van der Waals surface area contributed by atoms with E-state index >= 15 is 0 Å². The number of hydrogen-bond acceptors (Lipinski definition) is 3. The molecule has 4 nitrogen and oxygen atoms in total.